The molecule has 27 heavy (non-hydrogen) atoms. The highest BCUT2D eigenvalue weighted by Crippen LogP contribution is 2.26. The quantitative estimate of drug-likeness (QED) is 0.513. The van der Waals surface area contributed by atoms with Gasteiger partial charge in [-0.25, -0.2) is 4.39 Å². The van der Waals surface area contributed by atoms with Crippen LogP contribution >= 0.6 is 11.3 Å². The van der Waals surface area contributed by atoms with E-state index >= 15 is 0 Å². The number of fused-ring (bicyclic) bond motifs is 1. The highest BCUT2D eigenvalue weighted by molar-refractivity contribution is 7.16. The molecular weight excluding hydrogens is 359 g/mol. The SMILES string of the molecule is Cn1c(=NC(=O)C(c2ccccc2)c2ccccc2)sc2cc(F)ccc21. The van der Waals surface area contributed by atoms with Gasteiger partial charge in [-0.15, -0.1) is 0 Å². The molecule has 3 nitrogen and oxygen atoms in total. The maximum absolute atomic E-state index is 13.5. The molecule has 0 atom stereocenters. The van der Waals surface area contributed by atoms with Gasteiger partial charge >= 0.3 is 0 Å². The number of rotatable bonds is 3. The van der Waals surface area contributed by atoms with Gasteiger partial charge in [-0.2, -0.15) is 4.99 Å². The van der Waals surface area contributed by atoms with Gasteiger partial charge in [0.2, 0.25) is 0 Å². The fourth-order valence-corrected chi connectivity index (χ4v) is 4.19. The third-order valence-corrected chi connectivity index (χ3v) is 5.58. The normalized spacial score (nSPS) is 12.0. The molecule has 0 bridgehead atoms. The Balaban J connectivity index is 1.83. The van der Waals surface area contributed by atoms with Crippen LogP contribution < -0.4 is 4.80 Å². The number of aryl methyl sites for hydroxylation is 1. The largest absolute Gasteiger partial charge is 0.319 e. The zero-order chi connectivity index (χ0) is 18.8. The Morgan fingerprint density at radius 3 is 2.15 bits per heavy atom. The summed E-state index contributed by atoms with van der Waals surface area (Å²) in [6.45, 7) is 0. The van der Waals surface area contributed by atoms with E-state index < -0.39 is 5.92 Å². The molecule has 0 aliphatic rings. The van der Waals surface area contributed by atoms with Crippen LogP contribution in [0, 0.1) is 5.82 Å². The summed E-state index contributed by atoms with van der Waals surface area (Å²) < 4.78 is 16.1. The molecule has 3 aromatic carbocycles. The van der Waals surface area contributed by atoms with Crippen molar-refractivity contribution in [2.75, 3.05) is 0 Å². The number of hydrogen-bond acceptors (Lipinski definition) is 2. The summed E-state index contributed by atoms with van der Waals surface area (Å²) in [5.41, 5.74) is 2.64. The molecular formula is C22H17FN2OS. The van der Waals surface area contributed by atoms with Crippen molar-refractivity contribution in [3.63, 3.8) is 0 Å². The number of halogens is 1. The number of nitrogens with zero attached hydrogens (tertiary/aromatic N) is 2. The van der Waals surface area contributed by atoms with E-state index in [0.29, 0.717) is 4.80 Å². The van der Waals surface area contributed by atoms with Crippen LogP contribution in [0.5, 0.6) is 0 Å². The Hall–Kier alpha value is -3.05. The van der Waals surface area contributed by atoms with Gasteiger partial charge in [-0.1, -0.05) is 72.0 Å². The number of benzene rings is 3. The molecule has 5 heteroatoms. The number of amides is 1. The Bertz CT molecular complexity index is 1120. The number of hydrogen-bond donors (Lipinski definition) is 0. The predicted molar refractivity (Wildman–Crippen MR) is 106 cm³/mol. The van der Waals surface area contributed by atoms with Gasteiger partial charge in [0.1, 0.15) is 5.82 Å². The van der Waals surface area contributed by atoms with E-state index in [1.807, 2.05) is 72.3 Å². The number of thiazole rings is 1. The lowest BCUT2D eigenvalue weighted by atomic mass is 9.91. The van der Waals surface area contributed by atoms with E-state index in [0.717, 1.165) is 21.3 Å². The van der Waals surface area contributed by atoms with Crippen molar-refractivity contribution in [3.8, 4) is 0 Å². The van der Waals surface area contributed by atoms with Crippen LogP contribution in [0.1, 0.15) is 17.0 Å². The van der Waals surface area contributed by atoms with Crippen molar-refractivity contribution in [1.82, 2.24) is 4.57 Å². The van der Waals surface area contributed by atoms with Crippen LogP contribution in [0.15, 0.2) is 83.9 Å². The average molecular weight is 376 g/mol. The molecule has 0 aliphatic carbocycles. The summed E-state index contributed by atoms with van der Waals surface area (Å²) in [7, 11) is 1.84. The molecule has 0 aliphatic heterocycles. The fraction of sp³-hybridized carbons (Fsp3) is 0.0909. The molecule has 0 saturated carbocycles. The molecule has 0 saturated heterocycles. The zero-order valence-corrected chi connectivity index (χ0v) is 15.5. The van der Waals surface area contributed by atoms with E-state index in [1.165, 1.54) is 23.5 Å². The smallest absolute Gasteiger partial charge is 0.260 e. The maximum atomic E-state index is 13.5. The Kier molecular flexibility index (Phi) is 4.69. The van der Waals surface area contributed by atoms with Crippen LogP contribution in [-0.2, 0) is 11.8 Å². The van der Waals surface area contributed by atoms with E-state index in [1.54, 1.807) is 6.07 Å². The summed E-state index contributed by atoms with van der Waals surface area (Å²) >= 11 is 1.31. The first-order chi connectivity index (χ1) is 13.1. The predicted octanol–water partition coefficient (Wildman–Crippen LogP) is 4.64. The van der Waals surface area contributed by atoms with Crippen molar-refractivity contribution in [3.05, 3.63) is 101 Å². The first kappa shape index (κ1) is 17.4. The van der Waals surface area contributed by atoms with Crippen molar-refractivity contribution in [2.45, 2.75) is 5.92 Å². The third-order valence-electron chi connectivity index (χ3n) is 4.49. The molecule has 0 fully saturated rings. The summed E-state index contributed by atoms with van der Waals surface area (Å²) in [4.78, 5) is 18.1. The maximum Gasteiger partial charge on any atom is 0.260 e. The minimum Gasteiger partial charge on any atom is -0.319 e. The molecule has 4 rings (SSSR count). The lowest BCUT2D eigenvalue weighted by molar-refractivity contribution is -0.118. The minimum absolute atomic E-state index is 0.241. The van der Waals surface area contributed by atoms with Crippen LogP contribution in [0.4, 0.5) is 4.39 Å². The van der Waals surface area contributed by atoms with Crippen LogP contribution in [0.2, 0.25) is 0 Å². The van der Waals surface area contributed by atoms with Gasteiger partial charge in [0.05, 0.1) is 16.1 Å². The van der Waals surface area contributed by atoms with E-state index in [9.17, 15) is 9.18 Å². The lowest BCUT2D eigenvalue weighted by Crippen LogP contribution is -2.18. The number of carbonyl (C=O) groups excluding carboxylic acids is 1. The van der Waals surface area contributed by atoms with Crippen LogP contribution in [0.25, 0.3) is 10.2 Å². The molecule has 1 amide bonds. The number of carbonyl (C=O) groups is 1. The van der Waals surface area contributed by atoms with Gasteiger partial charge < -0.3 is 4.57 Å². The van der Waals surface area contributed by atoms with Crippen molar-refractivity contribution < 1.29 is 9.18 Å². The number of aromatic nitrogens is 1. The summed E-state index contributed by atoms with van der Waals surface area (Å²) in [5, 5.41) is 0. The second-order valence-corrected chi connectivity index (χ2v) is 7.27. The van der Waals surface area contributed by atoms with Gasteiger partial charge in [0.15, 0.2) is 4.80 Å². The van der Waals surface area contributed by atoms with Crippen LogP contribution in [-0.4, -0.2) is 10.5 Å². The van der Waals surface area contributed by atoms with Crippen molar-refractivity contribution >= 4 is 27.5 Å². The monoisotopic (exact) mass is 376 g/mol. The molecule has 134 valence electrons. The second kappa shape index (κ2) is 7.29. The van der Waals surface area contributed by atoms with Gasteiger partial charge in [-0.05, 0) is 29.3 Å². The average Bonchev–Trinajstić information content (AvgIpc) is 2.98. The highest BCUT2D eigenvalue weighted by Gasteiger charge is 2.22. The van der Waals surface area contributed by atoms with Gasteiger partial charge in [0, 0.05) is 7.05 Å². The standard InChI is InChI=1S/C22H17FN2OS/c1-25-18-13-12-17(23)14-19(18)27-22(25)24-21(26)20(15-8-4-2-5-9-15)16-10-6-3-7-11-16/h2-14,20H,1H3. The molecule has 4 aromatic rings. The molecule has 0 spiro atoms. The molecule has 1 aromatic heterocycles. The lowest BCUT2D eigenvalue weighted by Gasteiger charge is -2.14. The van der Waals surface area contributed by atoms with Gasteiger partial charge in [0.25, 0.3) is 5.91 Å². The summed E-state index contributed by atoms with van der Waals surface area (Å²) in [6, 6.07) is 23.8. The first-order valence-electron chi connectivity index (χ1n) is 8.57. The minimum atomic E-state index is -0.477. The molecule has 0 N–H and O–H groups in total. The van der Waals surface area contributed by atoms with E-state index in [2.05, 4.69) is 4.99 Å². The highest BCUT2D eigenvalue weighted by atomic mass is 32.1. The van der Waals surface area contributed by atoms with Crippen LogP contribution in [0.3, 0.4) is 0 Å². The topological polar surface area (TPSA) is 34.4 Å². The Labute approximate surface area is 160 Å². The molecule has 0 radical (unpaired) electrons. The summed E-state index contributed by atoms with van der Waals surface area (Å²) in [5.74, 6) is -1.02. The summed E-state index contributed by atoms with van der Waals surface area (Å²) in [6.07, 6.45) is 0. The van der Waals surface area contributed by atoms with Gasteiger partial charge in [-0.3, -0.25) is 4.79 Å². The van der Waals surface area contributed by atoms with E-state index in [4.69, 9.17) is 0 Å². The van der Waals surface area contributed by atoms with Crippen molar-refractivity contribution in [2.24, 2.45) is 12.0 Å². The fourth-order valence-electron chi connectivity index (χ4n) is 3.14. The Morgan fingerprint density at radius 2 is 1.56 bits per heavy atom. The molecule has 1 heterocycles. The zero-order valence-electron chi connectivity index (χ0n) is 14.7. The van der Waals surface area contributed by atoms with E-state index in [-0.39, 0.29) is 11.7 Å². The van der Waals surface area contributed by atoms with Crippen molar-refractivity contribution in [1.29, 1.82) is 0 Å². The third kappa shape index (κ3) is 3.46. The second-order valence-electron chi connectivity index (χ2n) is 6.26. The first-order valence-corrected chi connectivity index (χ1v) is 9.38. The molecule has 0 unspecified atom stereocenters. The Morgan fingerprint density at radius 1 is 0.963 bits per heavy atom.